The Bertz CT molecular complexity index is 968. The largest absolute Gasteiger partial charge is 0.460 e. The summed E-state index contributed by atoms with van der Waals surface area (Å²) in [7, 11) is 0. The topological polar surface area (TPSA) is 134 Å². The number of carbonyl (C=O) groups excluding carboxylic acids is 3. The van der Waals surface area contributed by atoms with Gasteiger partial charge in [0.15, 0.2) is 0 Å². The standard InChI is InChI=1S/C23H26N2O8/c1-23(2,3)33-20(26)13-19(24-22(28)32-15-16-7-5-4-6-8-16)21(27)31-14-17-9-11-18(12-10-17)25(29)30/h4-12,19H,13-15H2,1-3H3,(H,24,28)/t19-/m0/s1. The molecule has 2 rings (SSSR count). The normalized spacial score (nSPS) is 11.7. The van der Waals surface area contributed by atoms with Gasteiger partial charge in [-0.05, 0) is 44.0 Å². The molecule has 0 aromatic heterocycles. The molecule has 0 aliphatic rings. The van der Waals surface area contributed by atoms with E-state index in [-0.39, 0.29) is 18.9 Å². The summed E-state index contributed by atoms with van der Waals surface area (Å²) in [6.45, 7) is 4.79. The van der Waals surface area contributed by atoms with Crippen LogP contribution < -0.4 is 5.32 Å². The molecule has 0 aliphatic carbocycles. The van der Waals surface area contributed by atoms with Gasteiger partial charge in [0.2, 0.25) is 0 Å². The van der Waals surface area contributed by atoms with Crippen LogP contribution in [0.4, 0.5) is 10.5 Å². The zero-order valence-electron chi connectivity index (χ0n) is 18.6. The lowest BCUT2D eigenvalue weighted by molar-refractivity contribution is -0.384. The third-order valence-electron chi connectivity index (χ3n) is 4.11. The number of alkyl carbamates (subject to hydrolysis) is 1. The number of hydrogen-bond donors (Lipinski definition) is 1. The summed E-state index contributed by atoms with van der Waals surface area (Å²) in [5.74, 6) is -1.58. The third kappa shape index (κ3) is 9.38. The third-order valence-corrected chi connectivity index (χ3v) is 4.11. The van der Waals surface area contributed by atoms with Crippen molar-refractivity contribution in [2.24, 2.45) is 0 Å². The highest BCUT2D eigenvalue weighted by atomic mass is 16.6. The minimum Gasteiger partial charge on any atom is -0.460 e. The number of carbonyl (C=O) groups is 3. The highest BCUT2D eigenvalue weighted by Gasteiger charge is 2.29. The van der Waals surface area contributed by atoms with Gasteiger partial charge in [0.25, 0.3) is 5.69 Å². The van der Waals surface area contributed by atoms with Crippen molar-refractivity contribution in [3.63, 3.8) is 0 Å². The Labute approximate surface area is 191 Å². The van der Waals surface area contributed by atoms with Crippen LogP contribution in [-0.4, -0.2) is 34.6 Å². The van der Waals surface area contributed by atoms with Gasteiger partial charge in [0.1, 0.15) is 24.9 Å². The minimum absolute atomic E-state index is 0.0241. The molecule has 0 radical (unpaired) electrons. The molecule has 0 heterocycles. The van der Waals surface area contributed by atoms with Crippen molar-refractivity contribution < 1.29 is 33.5 Å². The molecule has 10 heteroatoms. The van der Waals surface area contributed by atoms with Crippen molar-refractivity contribution in [2.45, 2.75) is 52.0 Å². The summed E-state index contributed by atoms with van der Waals surface area (Å²) in [6, 6.07) is 13.0. The molecule has 0 bridgehead atoms. The van der Waals surface area contributed by atoms with Crippen molar-refractivity contribution >= 4 is 23.7 Å². The average molecular weight is 458 g/mol. The van der Waals surface area contributed by atoms with E-state index in [1.54, 1.807) is 45.0 Å². The Morgan fingerprint density at radius 3 is 2.09 bits per heavy atom. The fraction of sp³-hybridized carbons (Fsp3) is 0.348. The van der Waals surface area contributed by atoms with Gasteiger partial charge in [-0.2, -0.15) is 0 Å². The van der Waals surface area contributed by atoms with Gasteiger partial charge in [0.05, 0.1) is 11.3 Å². The number of hydrogen-bond acceptors (Lipinski definition) is 8. The Kier molecular flexibility index (Phi) is 8.90. The lowest BCUT2D eigenvalue weighted by atomic mass is 10.1. The fourth-order valence-corrected chi connectivity index (χ4v) is 2.62. The number of esters is 2. The number of ether oxygens (including phenoxy) is 3. The van der Waals surface area contributed by atoms with Gasteiger partial charge in [-0.3, -0.25) is 14.9 Å². The highest BCUT2D eigenvalue weighted by Crippen LogP contribution is 2.14. The van der Waals surface area contributed by atoms with Crippen LogP contribution in [0.5, 0.6) is 0 Å². The molecule has 0 saturated carbocycles. The van der Waals surface area contributed by atoms with E-state index in [1.165, 1.54) is 24.3 Å². The van der Waals surface area contributed by atoms with Gasteiger partial charge < -0.3 is 19.5 Å². The number of rotatable bonds is 9. The number of amides is 1. The maximum Gasteiger partial charge on any atom is 0.408 e. The molecule has 10 nitrogen and oxygen atoms in total. The van der Waals surface area contributed by atoms with E-state index < -0.39 is 41.0 Å². The van der Waals surface area contributed by atoms with Crippen LogP contribution in [0.2, 0.25) is 0 Å². The van der Waals surface area contributed by atoms with E-state index in [4.69, 9.17) is 14.2 Å². The Morgan fingerprint density at radius 2 is 1.52 bits per heavy atom. The van der Waals surface area contributed by atoms with Gasteiger partial charge in [0, 0.05) is 12.1 Å². The molecule has 1 N–H and O–H groups in total. The van der Waals surface area contributed by atoms with Crippen LogP contribution in [-0.2, 0) is 37.0 Å². The molecule has 0 fully saturated rings. The second-order valence-electron chi connectivity index (χ2n) is 8.08. The smallest absolute Gasteiger partial charge is 0.408 e. The maximum atomic E-state index is 12.6. The zero-order chi connectivity index (χ0) is 24.4. The summed E-state index contributed by atoms with van der Waals surface area (Å²) < 4.78 is 15.5. The quantitative estimate of drug-likeness (QED) is 0.260. The molecule has 0 spiro atoms. The van der Waals surface area contributed by atoms with E-state index in [1.807, 2.05) is 6.07 Å². The van der Waals surface area contributed by atoms with Crippen molar-refractivity contribution in [1.82, 2.24) is 5.32 Å². The number of benzene rings is 2. The molecule has 1 atom stereocenters. The Morgan fingerprint density at radius 1 is 0.939 bits per heavy atom. The molecule has 2 aromatic carbocycles. The summed E-state index contributed by atoms with van der Waals surface area (Å²) in [5, 5.41) is 13.1. The van der Waals surface area contributed by atoms with Crippen LogP contribution in [0.3, 0.4) is 0 Å². The van der Waals surface area contributed by atoms with Crippen LogP contribution in [0.25, 0.3) is 0 Å². The first-order valence-corrected chi connectivity index (χ1v) is 10.1. The number of nitro groups is 1. The van der Waals surface area contributed by atoms with Gasteiger partial charge in [-0.1, -0.05) is 30.3 Å². The van der Waals surface area contributed by atoms with Crippen LogP contribution in [0.15, 0.2) is 54.6 Å². The predicted octanol–water partition coefficient (Wildman–Crippen LogP) is 3.66. The van der Waals surface area contributed by atoms with Gasteiger partial charge >= 0.3 is 18.0 Å². The summed E-state index contributed by atoms with van der Waals surface area (Å²) >= 11 is 0. The molecule has 0 unspecified atom stereocenters. The molecule has 176 valence electrons. The zero-order valence-corrected chi connectivity index (χ0v) is 18.6. The maximum absolute atomic E-state index is 12.6. The van der Waals surface area contributed by atoms with E-state index >= 15 is 0 Å². The first kappa shape index (κ1) is 25.3. The molecular weight excluding hydrogens is 432 g/mol. The summed E-state index contributed by atoms with van der Waals surface area (Å²) in [5.41, 5.74) is 0.363. The summed E-state index contributed by atoms with van der Waals surface area (Å²) in [6.07, 6.45) is -1.36. The van der Waals surface area contributed by atoms with E-state index in [2.05, 4.69) is 5.32 Å². The fourth-order valence-electron chi connectivity index (χ4n) is 2.62. The number of non-ortho nitro benzene ring substituents is 1. The van der Waals surface area contributed by atoms with Crippen molar-refractivity contribution in [1.29, 1.82) is 0 Å². The van der Waals surface area contributed by atoms with Crippen molar-refractivity contribution in [3.05, 3.63) is 75.8 Å². The highest BCUT2D eigenvalue weighted by molar-refractivity contribution is 5.86. The predicted molar refractivity (Wildman–Crippen MR) is 117 cm³/mol. The minimum atomic E-state index is -1.35. The Hall–Kier alpha value is -3.95. The number of nitrogens with zero attached hydrogens (tertiary/aromatic N) is 1. The average Bonchev–Trinajstić information content (AvgIpc) is 2.75. The second kappa shape index (κ2) is 11.6. The van der Waals surface area contributed by atoms with Crippen molar-refractivity contribution in [2.75, 3.05) is 0 Å². The summed E-state index contributed by atoms with van der Waals surface area (Å²) in [4.78, 5) is 47.2. The molecule has 2 aromatic rings. The van der Waals surface area contributed by atoms with E-state index in [0.29, 0.717) is 5.56 Å². The first-order chi connectivity index (χ1) is 15.5. The first-order valence-electron chi connectivity index (χ1n) is 10.1. The molecule has 33 heavy (non-hydrogen) atoms. The molecule has 0 aliphatic heterocycles. The lowest BCUT2D eigenvalue weighted by Gasteiger charge is -2.22. The van der Waals surface area contributed by atoms with E-state index in [0.717, 1.165) is 5.56 Å². The van der Waals surface area contributed by atoms with Crippen molar-refractivity contribution in [3.8, 4) is 0 Å². The second-order valence-corrected chi connectivity index (χ2v) is 8.08. The van der Waals surface area contributed by atoms with Gasteiger partial charge in [-0.15, -0.1) is 0 Å². The van der Waals surface area contributed by atoms with Gasteiger partial charge in [-0.25, -0.2) is 9.59 Å². The monoisotopic (exact) mass is 458 g/mol. The SMILES string of the molecule is CC(C)(C)OC(=O)C[C@H](NC(=O)OCc1ccccc1)C(=O)OCc1ccc([N+](=O)[O-])cc1. The van der Waals surface area contributed by atoms with Crippen LogP contribution >= 0.6 is 0 Å². The van der Waals surface area contributed by atoms with Crippen LogP contribution in [0.1, 0.15) is 38.3 Å². The lowest BCUT2D eigenvalue weighted by Crippen LogP contribution is -2.44. The van der Waals surface area contributed by atoms with E-state index in [9.17, 15) is 24.5 Å². The van der Waals surface area contributed by atoms with Crippen LogP contribution in [0, 0.1) is 10.1 Å². The molecule has 1 amide bonds. The number of nitro benzene ring substituents is 1. The molecule has 0 saturated heterocycles. The molecular formula is C23H26N2O8. The Balaban J connectivity index is 2.00. The number of nitrogens with one attached hydrogen (secondary N) is 1.